The SMILES string of the molecule is CCCC1(OC)C[CH]c2ccccc21. The van der Waals surface area contributed by atoms with Gasteiger partial charge in [0.15, 0.2) is 0 Å². The van der Waals surface area contributed by atoms with Gasteiger partial charge in [-0.05, 0) is 30.4 Å². The summed E-state index contributed by atoms with van der Waals surface area (Å²) in [5.74, 6) is 0. The Morgan fingerprint density at radius 3 is 2.86 bits per heavy atom. The van der Waals surface area contributed by atoms with Gasteiger partial charge in [0.25, 0.3) is 0 Å². The van der Waals surface area contributed by atoms with Gasteiger partial charge in [-0.15, -0.1) is 0 Å². The van der Waals surface area contributed by atoms with E-state index in [0.717, 1.165) is 19.3 Å². The number of methoxy groups -OCH3 is 1. The molecule has 1 aromatic rings. The van der Waals surface area contributed by atoms with Crippen LogP contribution in [0.1, 0.15) is 37.3 Å². The minimum absolute atomic E-state index is 0.0364. The molecule has 1 heteroatoms. The fourth-order valence-corrected chi connectivity index (χ4v) is 2.41. The summed E-state index contributed by atoms with van der Waals surface area (Å²) in [4.78, 5) is 0. The van der Waals surface area contributed by atoms with E-state index in [-0.39, 0.29) is 5.60 Å². The first-order valence-electron chi connectivity index (χ1n) is 5.30. The number of ether oxygens (including phenoxy) is 1. The van der Waals surface area contributed by atoms with Gasteiger partial charge >= 0.3 is 0 Å². The molecule has 0 amide bonds. The first-order chi connectivity index (χ1) is 6.82. The standard InChI is InChI=1S/C13H17O/c1-3-9-13(14-2)10-8-11-6-4-5-7-12(11)13/h4-8H,3,9-10H2,1-2H3. The van der Waals surface area contributed by atoms with E-state index in [1.54, 1.807) is 0 Å². The zero-order valence-corrected chi connectivity index (χ0v) is 8.92. The molecule has 0 fully saturated rings. The van der Waals surface area contributed by atoms with Crippen molar-refractivity contribution < 1.29 is 4.74 Å². The van der Waals surface area contributed by atoms with Crippen LogP contribution in [0, 0.1) is 6.42 Å². The van der Waals surface area contributed by atoms with E-state index in [1.165, 1.54) is 11.1 Å². The molecule has 0 saturated heterocycles. The van der Waals surface area contributed by atoms with Crippen LogP contribution in [-0.2, 0) is 10.3 Å². The Bertz CT molecular complexity index is 315. The second-order valence-electron chi connectivity index (χ2n) is 3.94. The Kier molecular flexibility index (Phi) is 2.60. The lowest BCUT2D eigenvalue weighted by Crippen LogP contribution is -2.24. The van der Waals surface area contributed by atoms with Gasteiger partial charge in [-0.2, -0.15) is 0 Å². The summed E-state index contributed by atoms with van der Waals surface area (Å²) >= 11 is 0. The van der Waals surface area contributed by atoms with Crippen LogP contribution < -0.4 is 0 Å². The zero-order valence-electron chi connectivity index (χ0n) is 8.92. The summed E-state index contributed by atoms with van der Waals surface area (Å²) in [5.41, 5.74) is 2.68. The van der Waals surface area contributed by atoms with E-state index in [4.69, 9.17) is 4.74 Å². The molecule has 0 aliphatic heterocycles. The molecule has 2 rings (SSSR count). The molecule has 1 atom stereocenters. The monoisotopic (exact) mass is 189 g/mol. The molecule has 0 aromatic heterocycles. The predicted octanol–water partition coefficient (Wildman–Crippen LogP) is 3.28. The van der Waals surface area contributed by atoms with Crippen LogP contribution in [0.4, 0.5) is 0 Å². The van der Waals surface area contributed by atoms with Gasteiger partial charge in [-0.3, -0.25) is 0 Å². The molecular formula is C13H17O. The molecule has 0 heterocycles. The lowest BCUT2D eigenvalue weighted by molar-refractivity contribution is -0.0166. The first-order valence-corrected chi connectivity index (χ1v) is 5.30. The molecule has 0 bridgehead atoms. The summed E-state index contributed by atoms with van der Waals surface area (Å²) in [7, 11) is 1.82. The fourth-order valence-electron chi connectivity index (χ4n) is 2.41. The Morgan fingerprint density at radius 2 is 2.14 bits per heavy atom. The van der Waals surface area contributed by atoms with Crippen molar-refractivity contribution in [2.75, 3.05) is 7.11 Å². The molecule has 1 unspecified atom stereocenters. The first kappa shape index (κ1) is 9.72. The third kappa shape index (κ3) is 1.36. The quantitative estimate of drug-likeness (QED) is 0.709. The highest BCUT2D eigenvalue weighted by molar-refractivity contribution is 5.43. The zero-order chi connectivity index (χ0) is 10.0. The van der Waals surface area contributed by atoms with Crippen molar-refractivity contribution in [2.24, 2.45) is 0 Å². The largest absolute Gasteiger partial charge is 0.374 e. The van der Waals surface area contributed by atoms with E-state index < -0.39 is 0 Å². The number of benzene rings is 1. The lowest BCUT2D eigenvalue weighted by Gasteiger charge is -2.28. The molecule has 0 N–H and O–H groups in total. The number of hydrogen-bond donors (Lipinski definition) is 0. The Labute approximate surface area is 86.1 Å². The molecule has 0 saturated carbocycles. The molecule has 1 nitrogen and oxygen atoms in total. The van der Waals surface area contributed by atoms with Gasteiger partial charge < -0.3 is 4.74 Å². The third-order valence-corrected chi connectivity index (χ3v) is 3.15. The number of fused-ring (bicyclic) bond motifs is 1. The minimum Gasteiger partial charge on any atom is -0.374 e. The summed E-state index contributed by atoms with van der Waals surface area (Å²) in [6, 6.07) is 8.55. The smallest absolute Gasteiger partial charge is 0.0936 e. The van der Waals surface area contributed by atoms with E-state index in [1.807, 2.05) is 7.11 Å². The van der Waals surface area contributed by atoms with Crippen LogP contribution in [0.25, 0.3) is 0 Å². The molecule has 1 aromatic carbocycles. The van der Waals surface area contributed by atoms with Crippen molar-refractivity contribution >= 4 is 0 Å². The predicted molar refractivity (Wildman–Crippen MR) is 58.1 cm³/mol. The molecule has 1 radical (unpaired) electrons. The van der Waals surface area contributed by atoms with E-state index in [2.05, 4.69) is 37.6 Å². The van der Waals surface area contributed by atoms with Crippen LogP contribution in [0.15, 0.2) is 24.3 Å². The highest BCUT2D eigenvalue weighted by Gasteiger charge is 2.37. The third-order valence-electron chi connectivity index (χ3n) is 3.15. The second kappa shape index (κ2) is 3.74. The van der Waals surface area contributed by atoms with E-state index >= 15 is 0 Å². The number of rotatable bonds is 3. The van der Waals surface area contributed by atoms with Crippen LogP contribution in [0.3, 0.4) is 0 Å². The average molecular weight is 189 g/mol. The van der Waals surface area contributed by atoms with Crippen molar-refractivity contribution in [3.05, 3.63) is 41.8 Å². The van der Waals surface area contributed by atoms with Crippen LogP contribution >= 0.6 is 0 Å². The van der Waals surface area contributed by atoms with Gasteiger partial charge in [-0.25, -0.2) is 0 Å². The van der Waals surface area contributed by atoms with Gasteiger partial charge in [0.05, 0.1) is 5.60 Å². The fraction of sp³-hybridized carbons (Fsp3) is 0.462. The normalized spacial score (nSPS) is 25.0. The summed E-state index contributed by atoms with van der Waals surface area (Å²) in [6.07, 6.45) is 5.58. The molecule has 75 valence electrons. The highest BCUT2D eigenvalue weighted by atomic mass is 16.5. The summed E-state index contributed by atoms with van der Waals surface area (Å²) < 4.78 is 5.73. The molecule has 14 heavy (non-hydrogen) atoms. The van der Waals surface area contributed by atoms with Crippen molar-refractivity contribution in [2.45, 2.75) is 31.8 Å². The van der Waals surface area contributed by atoms with Crippen molar-refractivity contribution in [1.29, 1.82) is 0 Å². The van der Waals surface area contributed by atoms with Crippen LogP contribution in [0.5, 0.6) is 0 Å². The average Bonchev–Trinajstić information content (AvgIpc) is 2.59. The lowest BCUT2D eigenvalue weighted by atomic mass is 9.91. The maximum atomic E-state index is 5.73. The highest BCUT2D eigenvalue weighted by Crippen LogP contribution is 2.43. The molecular weight excluding hydrogens is 172 g/mol. The molecule has 1 aliphatic carbocycles. The minimum atomic E-state index is -0.0364. The molecule has 0 spiro atoms. The summed E-state index contributed by atoms with van der Waals surface area (Å²) in [5, 5.41) is 0. The van der Waals surface area contributed by atoms with Crippen molar-refractivity contribution in [3.63, 3.8) is 0 Å². The molecule has 1 aliphatic rings. The van der Waals surface area contributed by atoms with Gasteiger partial charge in [0.2, 0.25) is 0 Å². The van der Waals surface area contributed by atoms with E-state index in [0.29, 0.717) is 0 Å². The van der Waals surface area contributed by atoms with Crippen molar-refractivity contribution in [3.8, 4) is 0 Å². The number of hydrogen-bond acceptors (Lipinski definition) is 1. The van der Waals surface area contributed by atoms with Gasteiger partial charge in [0.1, 0.15) is 0 Å². The Morgan fingerprint density at radius 1 is 1.36 bits per heavy atom. The van der Waals surface area contributed by atoms with E-state index in [9.17, 15) is 0 Å². The Hall–Kier alpha value is -0.820. The van der Waals surface area contributed by atoms with Crippen LogP contribution in [-0.4, -0.2) is 7.11 Å². The van der Waals surface area contributed by atoms with Gasteiger partial charge in [0, 0.05) is 7.11 Å². The Balaban J connectivity index is 2.39. The van der Waals surface area contributed by atoms with Crippen molar-refractivity contribution in [1.82, 2.24) is 0 Å². The maximum Gasteiger partial charge on any atom is 0.0936 e. The topological polar surface area (TPSA) is 9.23 Å². The second-order valence-corrected chi connectivity index (χ2v) is 3.94. The summed E-state index contributed by atoms with van der Waals surface area (Å²) in [6.45, 7) is 2.21. The van der Waals surface area contributed by atoms with Crippen LogP contribution in [0.2, 0.25) is 0 Å². The van der Waals surface area contributed by atoms with Gasteiger partial charge in [-0.1, -0.05) is 37.6 Å². The maximum absolute atomic E-state index is 5.73.